The molecule has 2 aromatic rings. The first kappa shape index (κ1) is 17.8. The molecular weight excluding hydrogens is 338 g/mol. The number of hydrogen-bond donors (Lipinski definition) is 1. The van der Waals surface area contributed by atoms with Crippen molar-refractivity contribution in [3.05, 3.63) is 52.1 Å². The maximum absolute atomic E-state index is 12.9. The van der Waals surface area contributed by atoms with Crippen molar-refractivity contribution in [2.75, 3.05) is 13.2 Å². The standard InChI is InChI=1S/C19H23NO4S/c1-12-10-13(2)15(4)19(14(12)3)25(21,22)20-11-16-6-5-7-17-18(16)24-9-8-23-17/h5-7,10,20H,8-9,11H2,1-4H3. The van der Waals surface area contributed by atoms with Crippen LogP contribution in [0.1, 0.15) is 27.8 Å². The summed E-state index contributed by atoms with van der Waals surface area (Å²) >= 11 is 0. The molecule has 0 fully saturated rings. The minimum Gasteiger partial charge on any atom is -0.486 e. The minimum absolute atomic E-state index is 0.154. The lowest BCUT2D eigenvalue weighted by molar-refractivity contribution is 0.170. The van der Waals surface area contributed by atoms with Crippen molar-refractivity contribution < 1.29 is 17.9 Å². The third kappa shape index (κ3) is 3.37. The van der Waals surface area contributed by atoms with Crippen LogP contribution in [0.3, 0.4) is 0 Å². The third-order valence-electron chi connectivity index (χ3n) is 4.67. The molecule has 0 spiro atoms. The first-order valence-corrected chi connectivity index (χ1v) is 9.74. The van der Waals surface area contributed by atoms with E-state index in [4.69, 9.17) is 9.47 Å². The van der Waals surface area contributed by atoms with Gasteiger partial charge in [0.1, 0.15) is 13.2 Å². The van der Waals surface area contributed by atoms with Crippen molar-refractivity contribution in [2.45, 2.75) is 39.1 Å². The average molecular weight is 361 g/mol. The summed E-state index contributed by atoms with van der Waals surface area (Å²) in [6.45, 7) is 8.67. The summed E-state index contributed by atoms with van der Waals surface area (Å²) in [5, 5.41) is 0. The predicted octanol–water partition coefficient (Wildman–Crippen LogP) is 3.17. The summed E-state index contributed by atoms with van der Waals surface area (Å²) < 4.78 is 39.8. The molecule has 2 aromatic carbocycles. The molecule has 0 saturated heterocycles. The van der Waals surface area contributed by atoms with Crippen molar-refractivity contribution in [2.24, 2.45) is 0 Å². The van der Waals surface area contributed by atoms with Crippen molar-refractivity contribution in [1.29, 1.82) is 0 Å². The Kier molecular flexibility index (Phi) is 4.75. The van der Waals surface area contributed by atoms with Gasteiger partial charge in [0, 0.05) is 12.1 Å². The Hall–Kier alpha value is -2.05. The Morgan fingerprint density at radius 3 is 2.32 bits per heavy atom. The SMILES string of the molecule is Cc1cc(C)c(C)c(S(=O)(=O)NCc2cccc3c2OCCO3)c1C. The van der Waals surface area contributed by atoms with Gasteiger partial charge in [-0.15, -0.1) is 0 Å². The van der Waals surface area contributed by atoms with E-state index in [2.05, 4.69) is 4.72 Å². The van der Waals surface area contributed by atoms with Gasteiger partial charge in [0.15, 0.2) is 11.5 Å². The van der Waals surface area contributed by atoms with E-state index >= 15 is 0 Å². The van der Waals surface area contributed by atoms with Gasteiger partial charge in [-0.3, -0.25) is 0 Å². The molecule has 6 heteroatoms. The molecule has 0 amide bonds. The van der Waals surface area contributed by atoms with Gasteiger partial charge in [0.25, 0.3) is 0 Å². The topological polar surface area (TPSA) is 64.6 Å². The van der Waals surface area contributed by atoms with Crippen LogP contribution < -0.4 is 14.2 Å². The molecule has 0 atom stereocenters. The summed E-state index contributed by atoms with van der Waals surface area (Å²) in [6, 6.07) is 7.52. The number of aryl methyl sites for hydroxylation is 2. The summed E-state index contributed by atoms with van der Waals surface area (Å²) in [7, 11) is -3.64. The van der Waals surface area contributed by atoms with Crippen LogP contribution in [0.4, 0.5) is 0 Å². The maximum Gasteiger partial charge on any atom is 0.241 e. The van der Waals surface area contributed by atoms with E-state index in [0.717, 1.165) is 27.8 Å². The van der Waals surface area contributed by atoms with E-state index in [0.29, 0.717) is 29.6 Å². The predicted molar refractivity (Wildman–Crippen MR) is 96.8 cm³/mol. The van der Waals surface area contributed by atoms with Gasteiger partial charge in [-0.1, -0.05) is 18.2 Å². The molecule has 0 unspecified atom stereocenters. The second-order valence-corrected chi connectivity index (χ2v) is 8.06. The molecule has 1 heterocycles. The van der Waals surface area contributed by atoms with E-state index in [1.54, 1.807) is 0 Å². The van der Waals surface area contributed by atoms with E-state index in [9.17, 15) is 8.42 Å². The lowest BCUT2D eigenvalue weighted by Gasteiger charge is -2.21. The number of para-hydroxylation sites is 1. The maximum atomic E-state index is 12.9. The van der Waals surface area contributed by atoms with Gasteiger partial charge in [-0.05, 0) is 56.0 Å². The summed E-state index contributed by atoms with van der Waals surface area (Å²) in [5.41, 5.74) is 4.27. The molecule has 0 aliphatic carbocycles. The van der Waals surface area contributed by atoms with E-state index < -0.39 is 10.0 Å². The second kappa shape index (κ2) is 6.69. The highest BCUT2D eigenvalue weighted by molar-refractivity contribution is 7.89. The largest absolute Gasteiger partial charge is 0.486 e. The second-order valence-electron chi connectivity index (χ2n) is 6.36. The Morgan fingerprint density at radius 1 is 1.00 bits per heavy atom. The lowest BCUT2D eigenvalue weighted by atomic mass is 10.0. The molecule has 1 N–H and O–H groups in total. The van der Waals surface area contributed by atoms with Gasteiger partial charge >= 0.3 is 0 Å². The first-order chi connectivity index (χ1) is 11.8. The number of benzene rings is 2. The van der Waals surface area contributed by atoms with Crippen molar-refractivity contribution in [3.63, 3.8) is 0 Å². The third-order valence-corrected chi connectivity index (χ3v) is 6.34. The zero-order valence-electron chi connectivity index (χ0n) is 15.0. The lowest BCUT2D eigenvalue weighted by Crippen LogP contribution is -2.26. The van der Waals surface area contributed by atoms with Crippen LogP contribution in [0.25, 0.3) is 0 Å². The smallest absolute Gasteiger partial charge is 0.241 e. The molecule has 0 radical (unpaired) electrons. The van der Waals surface area contributed by atoms with E-state index in [-0.39, 0.29) is 6.54 Å². The zero-order chi connectivity index (χ0) is 18.2. The number of fused-ring (bicyclic) bond motifs is 1. The van der Waals surface area contributed by atoms with Gasteiger partial charge < -0.3 is 9.47 Å². The van der Waals surface area contributed by atoms with Crippen LogP contribution >= 0.6 is 0 Å². The highest BCUT2D eigenvalue weighted by atomic mass is 32.2. The summed E-state index contributed by atoms with van der Waals surface area (Å²) in [4.78, 5) is 0.368. The van der Waals surface area contributed by atoms with Gasteiger partial charge in [0.2, 0.25) is 10.0 Å². The van der Waals surface area contributed by atoms with Crippen LogP contribution in [-0.4, -0.2) is 21.6 Å². The fourth-order valence-corrected chi connectivity index (χ4v) is 4.72. The van der Waals surface area contributed by atoms with Gasteiger partial charge in [0.05, 0.1) is 4.90 Å². The molecule has 0 bridgehead atoms. The monoisotopic (exact) mass is 361 g/mol. The number of nitrogens with one attached hydrogen (secondary N) is 1. The Morgan fingerprint density at radius 2 is 1.64 bits per heavy atom. The summed E-state index contributed by atoms with van der Waals surface area (Å²) in [6.07, 6.45) is 0. The molecular formula is C19H23NO4S. The van der Waals surface area contributed by atoms with Gasteiger partial charge in [-0.2, -0.15) is 0 Å². The zero-order valence-corrected chi connectivity index (χ0v) is 15.8. The minimum atomic E-state index is -3.64. The van der Waals surface area contributed by atoms with Crippen LogP contribution in [0, 0.1) is 27.7 Å². The molecule has 1 aliphatic rings. The number of rotatable bonds is 4. The normalized spacial score (nSPS) is 13.8. The number of ether oxygens (including phenoxy) is 2. The quantitative estimate of drug-likeness (QED) is 0.908. The molecule has 25 heavy (non-hydrogen) atoms. The van der Waals surface area contributed by atoms with Crippen LogP contribution in [0.5, 0.6) is 11.5 Å². The molecule has 3 rings (SSSR count). The number of hydrogen-bond acceptors (Lipinski definition) is 4. The Balaban J connectivity index is 1.92. The van der Waals surface area contributed by atoms with Crippen molar-refractivity contribution >= 4 is 10.0 Å². The van der Waals surface area contributed by atoms with Crippen LogP contribution in [-0.2, 0) is 16.6 Å². The molecule has 0 saturated carbocycles. The fraction of sp³-hybridized carbons (Fsp3) is 0.368. The fourth-order valence-electron chi connectivity index (χ4n) is 3.10. The summed E-state index contributed by atoms with van der Waals surface area (Å²) in [5.74, 6) is 1.27. The van der Waals surface area contributed by atoms with E-state index in [1.165, 1.54) is 0 Å². The average Bonchev–Trinajstić information content (AvgIpc) is 2.58. The van der Waals surface area contributed by atoms with Crippen molar-refractivity contribution in [3.8, 4) is 11.5 Å². The molecule has 134 valence electrons. The highest BCUT2D eigenvalue weighted by Crippen LogP contribution is 2.34. The van der Waals surface area contributed by atoms with Crippen molar-refractivity contribution in [1.82, 2.24) is 4.72 Å². The molecule has 0 aromatic heterocycles. The highest BCUT2D eigenvalue weighted by Gasteiger charge is 2.23. The molecule has 5 nitrogen and oxygen atoms in total. The van der Waals surface area contributed by atoms with Crippen LogP contribution in [0.2, 0.25) is 0 Å². The van der Waals surface area contributed by atoms with Gasteiger partial charge in [-0.25, -0.2) is 13.1 Å². The van der Waals surface area contributed by atoms with E-state index in [1.807, 2.05) is 52.0 Å². The first-order valence-electron chi connectivity index (χ1n) is 8.26. The Labute approximate surface area is 149 Å². The molecule has 1 aliphatic heterocycles. The van der Waals surface area contributed by atoms with Crippen LogP contribution in [0.15, 0.2) is 29.2 Å². The Bertz CT molecular complexity index is 893. The number of sulfonamides is 1.